The molecule has 0 aliphatic heterocycles. The fourth-order valence-electron chi connectivity index (χ4n) is 3.20. The SMILES string of the molecule is CCCCCCCCCC(=O)N/N=C(\C)c1cccc(NC(=O)c2ccc(Cl)cc2Cl)c1. The van der Waals surface area contributed by atoms with Crippen LogP contribution in [0.1, 0.15) is 81.1 Å². The number of carbonyl (C=O) groups is 2. The monoisotopic (exact) mass is 475 g/mol. The Balaban J connectivity index is 1.85. The molecule has 0 unspecified atom stereocenters. The lowest BCUT2D eigenvalue weighted by Gasteiger charge is -2.09. The molecule has 0 atom stereocenters. The lowest BCUT2D eigenvalue weighted by Crippen LogP contribution is -2.19. The van der Waals surface area contributed by atoms with E-state index in [9.17, 15) is 9.59 Å². The number of carbonyl (C=O) groups excluding carboxylic acids is 2. The van der Waals surface area contributed by atoms with E-state index in [1.165, 1.54) is 38.2 Å². The summed E-state index contributed by atoms with van der Waals surface area (Å²) < 4.78 is 0. The molecule has 2 aromatic rings. The van der Waals surface area contributed by atoms with Crippen LogP contribution in [0.4, 0.5) is 5.69 Å². The molecule has 0 saturated carbocycles. The first-order valence-electron chi connectivity index (χ1n) is 11.1. The molecule has 32 heavy (non-hydrogen) atoms. The van der Waals surface area contributed by atoms with E-state index in [0.29, 0.717) is 28.4 Å². The molecular formula is C25H31Cl2N3O2. The minimum absolute atomic E-state index is 0.0836. The molecule has 0 aromatic heterocycles. The van der Waals surface area contributed by atoms with Gasteiger partial charge in [0.05, 0.1) is 16.3 Å². The number of unbranched alkanes of at least 4 members (excludes halogenated alkanes) is 6. The summed E-state index contributed by atoms with van der Waals surface area (Å²) in [5.41, 5.74) is 5.00. The van der Waals surface area contributed by atoms with Gasteiger partial charge >= 0.3 is 0 Å². The first kappa shape index (κ1) is 25.9. The Labute approximate surface area is 200 Å². The fraction of sp³-hybridized carbons (Fsp3) is 0.400. The van der Waals surface area contributed by atoms with Crippen molar-refractivity contribution in [2.75, 3.05) is 5.32 Å². The second-order valence-corrected chi connectivity index (χ2v) is 8.61. The van der Waals surface area contributed by atoms with Gasteiger partial charge < -0.3 is 5.32 Å². The van der Waals surface area contributed by atoms with E-state index in [4.69, 9.17) is 23.2 Å². The van der Waals surface area contributed by atoms with E-state index >= 15 is 0 Å². The maximum Gasteiger partial charge on any atom is 0.257 e. The number of hydrogen-bond donors (Lipinski definition) is 2. The summed E-state index contributed by atoms with van der Waals surface area (Å²) >= 11 is 12.0. The number of amides is 2. The molecule has 172 valence electrons. The van der Waals surface area contributed by atoms with Crippen molar-refractivity contribution in [3.8, 4) is 0 Å². The van der Waals surface area contributed by atoms with E-state index < -0.39 is 0 Å². The topological polar surface area (TPSA) is 70.6 Å². The summed E-state index contributed by atoms with van der Waals surface area (Å²) in [4.78, 5) is 24.6. The maximum absolute atomic E-state index is 12.5. The van der Waals surface area contributed by atoms with E-state index in [1.807, 2.05) is 19.1 Å². The van der Waals surface area contributed by atoms with Crippen molar-refractivity contribution in [2.45, 2.75) is 65.2 Å². The van der Waals surface area contributed by atoms with Gasteiger partial charge in [0.1, 0.15) is 0 Å². The van der Waals surface area contributed by atoms with Gasteiger partial charge in [-0.05, 0) is 49.2 Å². The van der Waals surface area contributed by atoms with Gasteiger partial charge in [0, 0.05) is 17.1 Å². The number of hydrazone groups is 1. The van der Waals surface area contributed by atoms with Crippen molar-refractivity contribution < 1.29 is 9.59 Å². The van der Waals surface area contributed by atoms with Gasteiger partial charge in [0.2, 0.25) is 5.91 Å². The molecule has 5 nitrogen and oxygen atoms in total. The van der Waals surface area contributed by atoms with Crippen molar-refractivity contribution in [3.05, 3.63) is 63.6 Å². The molecule has 0 saturated heterocycles. The van der Waals surface area contributed by atoms with Crippen molar-refractivity contribution in [1.29, 1.82) is 0 Å². The molecule has 0 radical (unpaired) electrons. The van der Waals surface area contributed by atoms with Crippen LogP contribution in [0.2, 0.25) is 10.0 Å². The lowest BCUT2D eigenvalue weighted by atomic mass is 10.1. The average Bonchev–Trinajstić information content (AvgIpc) is 2.77. The van der Waals surface area contributed by atoms with Gasteiger partial charge in [-0.15, -0.1) is 0 Å². The molecule has 0 aliphatic carbocycles. The third kappa shape index (κ3) is 9.01. The summed E-state index contributed by atoms with van der Waals surface area (Å²) in [6.45, 7) is 4.02. The van der Waals surface area contributed by atoms with Crippen LogP contribution in [-0.4, -0.2) is 17.5 Å². The van der Waals surface area contributed by atoms with E-state index in [-0.39, 0.29) is 16.8 Å². The van der Waals surface area contributed by atoms with Crippen molar-refractivity contribution >= 4 is 46.4 Å². The van der Waals surface area contributed by atoms with Crippen LogP contribution in [-0.2, 0) is 4.79 Å². The Morgan fingerprint density at radius 2 is 1.66 bits per heavy atom. The summed E-state index contributed by atoms with van der Waals surface area (Å²) in [5.74, 6) is -0.416. The molecule has 2 amide bonds. The highest BCUT2D eigenvalue weighted by Gasteiger charge is 2.11. The summed E-state index contributed by atoms with van der Waals surface area (Å²) in [7, 11) is 0. The highest BCUT2D eigenvalue weighted by molar-refractivity contribution is 6.37. The number of nitrogens with one attached hydrogen (secondary N) is 2. The van der Waals surface area contributed by atoms with Gasteiger partial charge in [-0.25, -0.2) is 5.43 Å². The molecule has 0 bridgehead atoms. The summed E-state index contributed by atoms with van der Waals surface area (Å²) in [6.07, 6.45) is 8.64. The molecule has 0 spiro atoms. The second-order valence-electron chi connectivity index (χ2n) is 7.76. The Morgan fingerprint density at radius 3 is 2.38 bits per heavy atom. The minimum atomic E-state index is -0.332. The van der Waals surface area contributed by atoms with Crippen molar-refractivity contribution in [2.24, 2.45) is 5.10 Å². The van der Waals surface area contributed by atoms with Gasteiger partial charge in [-0.1, -0.05) is 80.8 Å². The van der Waals surface area contributed by atoms with Crippen LogP contribution in [0.15, 0.2) is 47.6 Å². The highest BCUT2D eigenvalue weighted by Crippen LogP contribution is 2.22. The first-order chi connectivity index (χ1) is 15.4. The predicted octanol–water partition coefficient (Wildman–Crippen LogP) is 7.23. The molecule has 0 aliphatic rings. The Hall–Kier alpha value is -2.37. The van der Waals surface area contributed by atoms with Crippen molar-refractivity contribution in [3.63, 3.8) is 0 Å². The minimum Gasteiger partial charge on any atom is -0.322 e. The Morgan fingerprint density at radius 1 is 0.938 bits per heavy atom. The Kier molecular flexibility index (Phi) is 11.3. The highest BCUT2D eigenvalue weighted by atomic mass is 35.5. The number of benzene rings is 2. The molecule has 0 fully saturated rings. The maximum atomic E-state index is 12.5. The zero-order chi connectivity index (χ0) is 23.3. The smallest absolute Gasteiger partial charge is 0.257 e. The van der Waals surface area contributed by atoms with E-state index in [0.717, 1.165) is 18.4 Å². The predicted molar refractivity (Wildman–Crippen MR) is 134 cm³/mol. The molecule has 2 aromatic carbocycles. The number of hydrogen-bond acceptors (Lipinski definition) is 3. The summed E-state index contributed by atoms with van der Waals surface area (Å²) in [6, 6.07) is 12.0. The van der Waals surface area contributed by atoms with Crippen LogP contribution in [0.3, 0.4) is 0 Å². The zero-order valence-corrected chi connectivity index (χ0v) is 20.2. The fourth-order valence-corrected chi connectivity index (χ4v) is 3.70. The number of nitrogens with zero attached hydrogens (tertiary/aromatic N) is 1. The lowest BCUT2D eigenvalue weighted by molar-refractivity contribution is -0.121. The number of rotatable bonds is 12. The largest absolute Gasteiger partial charge is 0.322 e. The van der Waals surface area contributed by atoms with Crippen molar-refractivity contribution in [1.82, 2.24) is 5.43 Å². The normalized spacial score (nSPS) is 11.3. The van der Waals surface area contributed by atoms with Gasteiger partial charge in [0.15, 0.2) is 0 Å². The van der Waals surface area contributed by atoms with Crippen LogP contribution in [0.25, 0.3) is 0 Å². The van der Waals surface area contributed by atoms with Gasteiger partial charge in [0.25, 0.3) is 5.91 Å². The second kappa shape index (κ2) is 13.9. The van der Waals surface area contributed by atoms with Crippen LogP contribution < -0.4 is 10.7 Å². The quantitative estimate of drug-likeness (QED) is 0.193. The van der Waals surface area contributed by atoms with Crippen LogP contribution >= 0.6 is 23.2 Å². The summed E-state index contributed by atoms with van der Waals surface area (Å²) in [5, 5.41) is 7.78. The Bertz CT molecular complexity index is 945. The molecule has 7 heteroatoms. The molecule has 0 heterocycles. The van der Waals surface area contributed by atoms with E-state index in [1.54, 1.807) is 24.3 Å². The zero-order valence-electron chi connectivity index (χ0n) is 18.7. The first-order valence-corrected chi connectivity index (χ1v) is 11.9. The third-order valence-corrected chi connectivity index (χ3v) is 5.62. The number of halogens is 2. The van der Waals surface area contributed by atoms with Crippen LogP contribution in [0.5, 0.6) is 0 Å². The van der Waals surface area contributed by atoms with E-state index in [2.05, 4.69) is 22.8 Å². The third-order valence-electron chi connectivity index (χ3n) is 5.07. The van der Waals surface area contributed by atoms with Gasteiger partial charge in [-0.3, -0.25) is 9.59 Å². The van der Waals surface area contributed by atoms with Gasteiger partial charge in [-0.2, -0.15) is 5.10 Å². The standard InChI is InChI=1S/C25H31Cl2N3O2/c1-3-4-5-6-7-8-9-13-24(31)30-29-18(2)19-11-10-12-21(16-19)28-25(32)22-15-14-20(26)17-23(22)27/h10-12,14-17H,3-9,13H2,1-2H3,(H,28,32)(H,30,31)/b29-18+. The van der Waals surface area contributed by atoms with Crippen LogP contribution in [0, 0.1) is 0 Å². The average molecular weight is 476 g/mol. The molecular weight excluding hydrogens is 445 g/mol. The molecule has 2 N–H and O–H groups in total. The molecule has 2 rings (SSSR count). The number of anilines is 1.